The summed E-state index contributed by atoms with van der Waals surface area (Å²) in [6, 6.07) is 16.0. The van der Waals surface area contributed by atoms with Crippen molar-refractivity contribution in [1.29, 1.82) is 0 Å². The van der Waals surface area contributed by atoms with Crippen molar-refractivity contribution < 1.29 is 35.8 Å². The molecule has 0 spiro atoms. The van der Waals surface area contributed by atoms with Gasteiger partial charge in [0.2, 0.25) is 0 Å². The number of ether oxygens (including phenoxy) is 2. The van der Waals surface area contributed by atoms with Gasteiger partial charge in [0.05, 0.1) is 6.10 Å². The third kappa shape index (κ3) is 6.43. The van der Waals surface area contributed by atoms with Crippen molar-refractivity contribution in [3.05, 3.63) is 95.1 Å². The van der Waals surface area contributed by atoms with Gasteiger partial charge in [0.25, 0.3) is 0 Å². The zero-order chi connectivity index (χ0) is 24.2. The van der Waals surface area contributed by atoms with Gasteiger partial charge in [-0.05, 0) is 61.2 Å². The average Bonchev–Trinajstić information content (AvgIpc) is 2.73. The Morgan fingerprint density at radius 3 is 2.18 bits per heavy atom. The fourth-order valence-corrected chi connectivity index (χ4v) is 3.41. The molecule has 3 aromatic carbocycles. The Kier molecular flexibility index (Phi) is 7.56. The molecule has 0 N–H and O–H groups in total. The topological polar surface area (TPSA) is 18.5 Å². The van der Waals surface area contributed by atoms with E-state index in [1.165, 1.54) is 18.2 Å². The van der Waals surface area contributed by atoms with Crippen LogP contribution in [0.25, 0.3) is 0 Å². The molecule has 0 unspecified atom stereocenters. The van der Waals surface area contributed by atoms with Gasteiger partial charge in [-0.2, -0.15) is 17.6 Å². The van der Waals surface area contributed by atoms with Crippen LogP contribution in [0.15, 0.2) is 66.7 Å². The van der Waals surface area contributed by atoms with E-state index in [0.29, 0.717) is 18.1 Å². The van der Waals surface area contributed by atoms with Crippen LogP contribution in [0.3, 0.4) is 0 Å². The molecule has 0 aliphatic heterocycles. The quantitative estimate of drug-likeness (QED) is 0.306. The van der Waals surface area contributed by atoms with Crippen molar-refractivity contribution in [2.75, 3.05) is 0 Å². The van der Waals surface area contributed by atoms with Gasteiger partial charge < -0.3 is 9.47 Å². The van der Waals surface area contributed by atoms with Crippen LogP contribution >= 0.6 is 0 Å². The molecule has 3 rings (SSSR count). The molecule has 0 aromatic heterocycles. The summed E-state index contributed by atoms with van der Waals surface area (Å²) in [5.41, 5.74) is 1.55. The molecule has 3 aromatic rings. The molecule has 0 saturated heterocycles. The van der Waals surface area contributed by atoms with E-state index >= 15 is 0 Å². The van der Waals surface area contributed by atoms with E-state index in [1.807, 2.05) is 18.2 Å². The number of hydrogen-bond donors (Lipinski definition) is 0. The van der Waals surface area contributed by atoms with E-state index in [-0.39, 0.29) is 17.4 Å². The molecule has 176 valence electrons. The Bertz CT molecular complexity index is 1070. The van der Waals surface area contributed by atoms with E-state index in [1.54, 1.807) is 26.0 Å². The third-order valence-corrected chi connectivity index (χ3v) is 4.81. The highest BCUT2D eigenvalue weighted by molar-refractivity contribution is 5.42. The van der Waals surface area contributed by atoms with E-state index in [4.69, 9.17) is 4.74 Å². The average molecular weight is 468 g/mol. The molecule has 0 radical (unpaired) electrons. The molecular formula is C25H22F6O2. The first kappa shape index (κ1) is 24.5. The molecule has 0 fully saturated rings. The lowest BCUT2D eigenvalue weighted by Gasteiger charge is -2.22. The lowest BCUT2D eigenvalue weighted by molar-refractivity contribution is -0.253. The van der Waals surface area contributed by atoms with Crippen LogP contribution in [0.5, 0.6) is 11.5 Å². The van der Waals surface area contributed by atoms with Crippen LogP contribution in [-0.4, -0.2) is 18.6 Å². The second-order valence-corrected chi connectivity index (χ2v) is 7.78. The Balaban J connectivity index is 2.07. The predicted molar refractivity (Wildman–Crippen MR) is 112 cm³/mol. The maximum atomic E-state index is 14.3. The van der Waals surface area contributed by atoms with Crippen LogP contribution in [-0.2, 0) is 6.42 Å². The van der Waals surface area contributed by atoms with E-state index in [0.717, 1.165) is 17.7 Å². The van der Waals surface area contributed by atoms with Crippen LogP contribution in [0.2, 0.25) is 0 Å². The van der Waals surface area contributed by atoms with E-state index in [2.05, 4.69) is 4.74 Å². The maximum absolute atomic E-state index is 14.3. The minimum atomic E-state index is -4.78. The van der Waals surface area contributed by atoms with Gasteiger partial charge in [-0.25, -0.2) is 8.78 Å². The number of halogens is 6. The number of hydrogen-bond acceptors (Lipinski definition) is 2. The van der Waals surface area contributed by atoms with Crippen LogP contribution in [0.1, 0.15) is 36.5 Å². The second-order valence-electron chi connectivity index (χ2n) is 7.78. The van der Waals surface area contributed by atoms with Crippen molar-refractivity contribution in [2.45, 2.75) is 44.8 Å². The SMILES string of the molecule is CC(C)Oc1cc([C@@H](Cc2ccccc2)c2cc(F)cc(OC(F)(F)C(F)F)c2)ccc1F. The molecule has 33 heavy (non-hydrogen) atoms. The lowest BCUT2D eigenvalue weighted by atomic mass is 9.85. The Hall–Kier alpha value is -3.16. The summed E-state index contributed by atoms with van der Waals surface area (Å²) in [5, 5.41) is 0. The van der Waals surface area contributed by atoms with Crippen molar-refractivity contribution >= 4 is 0 Å². The summed E-state index contributed by atoms with van der Waals surface area (Å²) in [4.78, 5) is 0. The van der Waals surface area contributed by atoms with Gasteiger partial charge in [0, 0.05) is 12.0 Å². The fourth-order valence-electron chi connectivity index (χ4n) is 3.41. The number of rotatable bonds is 9. The summed E-state index contributed by atoms with van der Waals surface area (Å²) in [7, 11) is 0. The second kappa shape index (κ2) is 10.2. The normalized spacial score (nSPS) is 12.8. The van der Waals surface area contributed by atoms with Gasteiger partial charge in [-0.3, -0.25) is 0 Å². The standard InChI is InChI=1S/C25H22F6O2/c1-15(2)32-23-13-17(8-9-22(23)27)21(10-16-6-4-3-5-7-16)18-11-19(26)14-20(12-18)33-25(30,31)24(28)29/h3-9,11-15,21,24H,10H2,1-2H3/t21-/m1/s1. The molecular weight excluding hydrogens is 446 g/mol. The van der Waals surface area contributed by atoms with E-state index in [9.17, 15) is 26.3 Å². The highest BCUT2D eigenvalue weighted by Crippen LogP contribution is 2.36. The zero-order valence-corrected chi connectivity index (χ0v) is 17.9. The highest BCUT2D eigenvalue weighted by Gasteiger charge is 2.44. The Morgan fingerprint density at radius 2 is 1.55 bits per heavy atom. The molecule has 0 amide bonds. The minimum Gasteiger partial charge on any atom is -0.488 e. The largest absolute Gasteiger partial charge is 0.488 e. The number of benzene rings is 3. The summed E-state index contributed by atoms with van der Waals surface area (Å²) < 4.78 is 90.2. The first-order valence-electron chi connectivity index (χ1n) is 10.2. The molecule has 0 heterocycles. The monoisotopic (exact) mass is 468 g/mol. The summed E-state index contributed by atoms with van der Waals surface area (Å²) >= 11 is 0. The zero-order valence-electron chi connectivity index (χ0n) is 17.9. The molecule has 8 heteroatoms. The van der Waals surface area contributed by atoms with Gasteiger partial charge in [-0.15, -0.1) is 0 Å². The van der Waals surface area contributed by atoms with Gasteiger partial charge >= 0.3 is 12.5 Å². The number of alkyl halides is 4. The van der Waals surface area contributed by atoms with Crippen LogP contribution in [0.4, 0.5) is 26.3 Å². The van der Waals surface area contributed by atoms with Crippen molar-refractivity contribution in [1.82, 2.24) is 0 Å². The summed E-state index contributed by atoms with van der Waals surface area (Å²) in [6.07, 6.45) is -8.89. The van der Waals surface area contributed by atoms with Crippen LogP contribution < -0.4 is 9.47 Å². The Labute approximate surface area is 187 Å². The maximum Gasteiger partial charge on any atom is 0.461 e. The smallest absolute Gasteiger partial charge is 0.461 e. The van der Waals surface area contributed by atoms with Gasteiger partial charge in [-0.1, -0.05) is 36.4 Å². The summed E-state index contributed by atoms with van der Waals surface area (Å²) in [6.45, 7) is 3.46. The molecule has 0 aliphatic rings. The van der Waals surface area contributed by atoms with E-state index < -0.39 is 35.8 Å². The predicted octanol–water partition coefficient (Wildman–Crippen LogP) is 7.36. The molecule has 0 aliphatic carbocycles. The van der Waals surface area contributed by atoms with Crippen molar-refractivity contribution in [3.8, 4) is 11.5 Å². The summed E-state index contributed by atoms with van der Waals surface area (Å²) in [5.74, 6) is -2.93. The van der Waals surface area contributed by atoms with Crippen LogP contribution in [0, 0.1) is 11.6 Å². The molecule has 1 atom stereocenters. The highest BCUT2D eigenvalue weighted by atomic mass is 19.3. The van der Waals surface area contributed by atoms with Gasteiger partial charge in [0.1, 0.15) is 11.6 Å². The lowest BCUT2D eigenvalue weighted by Crippen LogP contribution is -2.33. The fraction of sp³-hybridized carbons (Fsp3) is 0.280. The molecule has 0 saturated carbocycles. The minimum absolute atomic E-state index is 0.0160. The van der Waals surface area contributed by atoms with Crippen molar-refractivity contribution in [2.24, 2.45) is 0 Å². The molecule has 2 nitrogen and oxygen atoms in total. The Morgan fingerprint density at radius 1 is 0.848 bits per heavy atom. The first-order valence-corrected chi connectivity index (χ1v) is 10.2. The molecule has 0 bridgehead atoms. The first-order chi connectivity index (χ1) is 15.5. The third-order valence-electron chi connectivity index (χ3n) is 4.81. The van der Waals surface area contributed by atoms with Gasteiger partial charge in [0.15, 0.2) is 11.6 Å². The van der Waals surface area contributed by atoms with Crippen molar-refractivity contribution in [3.63, 3.8) is 0 Å².